The van der Waals surface area contributed by atoms with E-state index in [2.05, 4.69) is 21.2 Å². The maximum atomic E-state index is 5.63. The Labute approximate surface area is 101 Å². The fourth-order valence-corrected chi connectivity index (χ4v) is 1.45. The Morgan fingerprint density at radius 1 is 1.41 bits per heavy atom. The van der Waals surface area contributed by atoms with Gasteiger partial charge in [-0.25, -0.2) is 0 Å². The third kappa shape index (κ3) is 3.32. The number of aromatic amines is 1. The Morgan fingerprint density at radius 2 is 2.29 bits per heavy atom. The molecule has 4 nitrogen and oxygen atoms in total. The second-order valence-corrected chi connectivity index (χ2v) is 4.08. The van der Waals surface area contributed by atoms with E-state index in [9.17, 15) is 0 Å². The molecule has 0 atom stereocenters. The Bertz CT molecular complexity index is 451. The fraction of sp³-hybridized carbons (Fsp3) is 0.308. The third-order valence-corrected chi connectivity index (χ3v) is 2.40. The number of rotatable bonds is 5. The van der Waals surface area contributed by atoms with Gasteiger partial charge in [0.25, 0.3) is 0 Å². The molecule has 2 rings (SSSR count). The molecule has 4 heteroatoms. The van der Waals surface area contributed by atoms with Crippen LogP contribution in [0.4, 0.5) is 0 Å². The smallest absolute Gasteiger partial charge is 0.127 e. The first-order valence-corrected chi connectivity index (χ1v) is 5.54. The molecule has 0 spiro atoms. The van der Waals surface area contributed by atoms with Crippen LogP contribution in [0, 0.1) is 6.07 Å². The molecule has 0 aliphatic rings. The number of H-pyrrole nitrogens is 1. The van der Waals surface area contributed by atoms with Gasteiger partial charge in [0.2, 0.25) is 0 Å². The van der Waals surface area contributed by atoms with E-state index in [-0.39, 0.29) is 0 Å². The van der Waals surface area contributed by atoms with Gasteiger partial charge in [-0.1, -0.05) is 6.07 Å². The van der Waals surface area contributed by atoms with Gasteiger partial charge in [0, 0.05) is 24.4 Å². The summed E-state index contributed by atoms with van der Waals surface area (Å²) in [5.41, 5.74) is 2.13. The molecular weight excluding hydrogens is 214 g/mol. The van der Waals surface area contributed by atoms with Crippen molar-refractivity contribution in [2.75, 3.05) is 27.2 Å². The molecule has 17 heavy (non-hydrogen) atoms. The molecule has 1 heterocycles. The maximum Gasteiger partial charge on any atom is 0.127 e. The second kappa shape index (κ2) is 5.50. The van der Waals surface area contributed by atoms with Gasteiger partial charge in [-0.05, 0) is 31.8 Å². The number of hydrogen-bond acceptors (Lipinski definition) is 3. The van der Waals surface area contributed by atoms with E-state index in [1.807, 2.05) is 38.5 Å². The third-order valence-electron chi connectivity index (χ3n) is 2.40. The Kier molecular flexibility index (Phi) is 3.77. The van der Waals surface area contributed by atoms with Crippen molar-refractivity contribution >= 4 is 0 Å². The summed E-state index contributed by atoms with van der Waals surface area (Å²) < 4.78 is 5.63. The number of likely N-dealkylation sites (N-methyl/N-ethyl adjacent to an activating group) is 1. The number of aromatic nitrogens is 2. The molecule has 0 aliphatic heterocycles. The summed E-state index contributed by atoms with van der Waals surface area (Å²) in [5.74, 6) is 0.769. The summed E-state index contributed by atoms with van der Waals surface area (Å²) in [7, 11) is 4.05. The molecule has 1 aromatic carbocycles. The minimum atomic E-state index is 0.665. The summed E-state index contributed by atoms with van der Waals surface area (Å²) in [6.45, 7) is 1.56. The molecule has 1 aromatic heterocycles. The van der Waals surface area contributed by atoms with E-state index in [4.69, 9.17) is 4.74 Å². The lowest BCUT2D eigenvalue weighted by molar-refractivity contribution is 0.261. The van der Waals surface area contributed by atoms with Crippen molar-refractivity contribution in [3.05, 3.63) is 36.7 Å². The van der Waals surface area contributed by atoms with Crippen LogP contribution in [0.2, 0.25) is 0 Å². The topological polar surface area (TPSA) is 41.1 Å². The highest BCUT2D eigenvalue weighted by Crippen LogP contribution is 2.22. The van der Waals surface area contributed by atoms with E-state index in [1.54, 1.807) is 6.20 Å². The van der Waals surface area contributed by atoms with E-state index in [0.29, 0.717) is 6.61 Å². The van der Waals surface area contributed by atoms with Crippen molar-refractivity contribution in [2.24, 2.45) is 0 Å². The minimum Gasteiger partial charge on any atom is -0.492 e. The van der Waals surface area contributed by atoms with Gasteiger partial charge in [-0.2, -0.15) is 5.10 Å². The second-order valence-electron chi connectivity index (χ2n) is 4.08. The number of nitrogens with one attached hydrogen (secondary N) is 1. The quantitative estimate of drug-likeness (QED) is 0.851. The first-order chi connectivity index (χ1) is 8.25. The van der Waals surface area contributed by atoms with Crippen molar-refractivity contribution in [1.82, 2.24) is 15.1 Å². The van der Waals surface area contributed by atoms with Crippen molar-refractivity contribution in [2.45, 2.75) is 0 Å². The van der Waals surface area contributed by atoms with Crippen molar-refractivity contribution in [3.8, 4) is 16.9 Å². The van der Waals surface area contributed by atoms with Crippen LogP contribution in [0.5, 0.6) is 5.75 Å². The lowest BCUT2D eigenvalue weighted by Crippen LogP contribution is -2.19. The highest BCUT2D eigenvalue weighted by Gasteiger charge is 2.01. The molecule has 0 amide bonds. The molecule has 0 fully saturated rings. The van der Waals surface area contributed by atoms with Gasteiger partial charge in [0.15, 0.2) is 0 Å². The molecular formula is C13H16N3O. The first-order valence-electron chi connectivity index (χ1n) is 5.54. The van der Waals surface area contributed by atoms with Gasteiger partial charge in [0.05, 0.1) is 6.20 Å². The minimum absolute atomic E-state index is 0.665. The maximum absolute atomic E-state index is 5.63. The van der Waals surface area contributed by atoms with Crippen molar-refractivity contribution in [3.63, 3.8) is 0 Å². The van der Waals surface area contributed by atoms with Crippen LogP contribution in [0.25, 0.3) is 11.1 Å². The molecule has 0 saturated heterocycles. The molecule has 0 saturated carbocycles. The van der Waals surface area contributed by atoms with Gasteiger partial charge in [0.1, 0.15) is 12.4 Å². The molecule has 0 aliphatic carbocycles. The Balaban J connectivity index is 2.02. The summed E-state index contributed by atoms with van der Waals surface area (Å²) in [6, 6.07) is 8.90. The molecule has 0 unspecified atom stereocenters. The molecule has 2 aromatic rings. The van der Waals surface area contributed by atoms with E-state index in [1.165, 1.54) is 0 Å². The van der Waals surface area contributed by atoms with Crippen LogP contribution in [0.3, 0.4) is 0 Å². The molecule has 89 valence electrons. The Hall–Kier alpha value is -1.81. The monoisotopic (exact) mass is 230 g/mol. The Morgan fingerprint density at radius 3 is 3.00 bits per heavy atom. The summed E-state index contributed by atoms with van der Waals surface area (Å²) >= 11 is 0. The first kappa shape index (κ1) is 11.7. The van der Waals surface area contributed by atoms with Crippen molar-refractivity contribution in [1.29, 1.82) is 0 Å². The molecule has 1 N–H and O–H groups in total. The molecule has 1 radical (unpaired) electrons. The zero-order valence-electron chi connectivity index (χ0n) is 10.1. The highest BCUT2D eigenvalue weighted by atomic mass is 16.5. The predicted octanol–water partition coefficient (Wildman–Crippen LogP) is 1.82. The average Bonchev–Trinajstić information content (AvgIpc) is 2.82. The number of nitrogens with zero attached hydrogens (tertiary/aromatic N) is 2. The summed E-state index contributed by atoms with van der Waals surface area (Å²) in [5, 5.41) is 6.73. The number of hydrogen-bond donors (Lipinski definition) is 1. The zero-order chi connectivity index (χ0) is 12.1. The largest absolute Gasteiger partial charge is 0.492 e. The number of benzene rings is 1. The normalized spacial score (nSPS) is 10.8. The highest BCUT2D eigenvalue weighted by molar-refractivity contribution is 5.63. The van der Waals surface area contributed by atoms with Gasteiger partial charge in [-0.3, -0.25) is 5.10 Å². The summed E-state index contributed by atoms with van der Waals surface area (Å²) in [4.78, 5) is 2.08. The predicted molar refractivity (Wildman–Crippen MR) is 66.9 cm³/mol. The molecule has 0 bridgehead atoms. The van der Waals surface area contributed by atoms with Crippen molar-refractivity contribution < 1.29 is 4.74 Å². The fourth-order valence-electron chi connectivity index (χ4n) is 1.45. The van der Waals surface area contributed by atoms with Crippen LogP contribution in [-0.2, 0) is 0 Å². The average molecular weight is 230 g/mol. The van der Waals surface area contributed by atoms with Crippen LogP contribution < -0.4 is 4.74 Å². The van der Waals surface area contributed by atoms with Gasteiger partial charge >= 0.3 is 0 Å². The lowest BCUT2D eigenvalue weighted by atomic mass is 10.1. The van der Waals surface area contributed by atoms with E-state index < -0.39 is 0 Å². The summed E-state index contributed by atoms with van der Waals surface area (Å²) in [6.07, 6.45) is 3.65. The standard InChI is InChI=1S/C13H16N3O/c1-16(2)6-7-17-13-5-3-4-11(8-13)12-9-14-15-10-12/h3-4,8-10H,6-7H2,1-2H3,(H,14,15). The SMILES string of the molecule is CN(C)CCOc1[c]ccc(-c2cn[nH]c2)c1. The van der Waals surface area contributed by atoms with E-state index in [0.717, 1.165) is 23.4 Å². The number of ether oxygens (including phenoxy) is 1. The lowest BCUT2D eigenvalue weighted by Gasteiger charge is -2.11. The van der Waals surface area contributed by atoms with Crippen LogP contribution in [0.1, 0.15) is 0 Å². The zero-order valence-corrected chi connectivity index (χ0v) is 10.1. The van der Waals surface area contributed by atoms with Gasteiger partial charge < -0.3 is 9.64 Å². The van der Waals surface area contributed by atoms with Crippen LogP contribution in [0.15, 0.2) is 30.6 Å². The van der Waals surface area contributed by atoms with Gasteiger partial charge in [-0.15, -0.1) is 0 Å². The van der Waals surface area contributed by atoms with E-state index >= 15 is 0 Å². The van der Waals surface area contributed by atoms with Crippen LogP contribution >= 0.6 is 0 Å². The van der Waals surface area contributed by atoms with Crippen LogP contribution in [-0.4, -0.2) is 42.3 Å².